The third kappa shape index (κ3) is 2.15. The highest BCUT2D eigenvalue weighted by molar-refractivity contribution is 5.98. The van der Waals surface area contributed by atoms with Gasteiger partial charge in [0.05, 0.1) is 11.4 Å². The molecule has 8 nitrogen and oxygen atoms in total. The lowest BCUT2D eigenvalue weighted by Gasteiger charge is -2.26. The van der Waals surface area contributed by atoms with E-state index in [1.54, 1.807) is 11.9 Å². The van der Waals surface area contributed by atoms with Gasteiger partial charge in [-0.3, -0.25) is 4.79 Å². The largest absolute Gasteiger partial charge is 0.482 e. The zero-order valence-corrected chi connectivity index (χ0v) is 12.5. The Bertz CT molecular complexity index is 921. The Morgan fingerprint density at radius 2 is 2.17 bits per heavy atom. The molecule has 1 aromatic carbocycles. The van der Waals surface area contributed by atoms with E-state index >= 15 is 0 Å². The van der Waals surface area contributed by atoms with Crippen molar-refractivity contribution in [3.63, 3.8) is 0 Å². The van der Waals surface area contributed by atoms with E-state index in [1.165, 1.54) is 6.33 Å². The Morgan fingerprint density at radius 1 is 1.30 bits per heavy atom. The second-order valence-electron chi connectivity index (χ2n) is 5.22. The molecule has 3 aromatic rings. The van der Waals surface area contributed by atoms with E-state index < -0.39 is 0 Å². The van der Waals surface area contributed by atoms with Gasteiger partial charge in [-0.25, -0.2) is 4.98 Å². The maximum absolute atomic E-state index is 11.8. The van der Waals surface area contributed by atoms with Crippen LogP contribution >= 0.6 is 0 Å². The highest BCUT2D eigenvalue weighted by atomic mass is 16.5. The quantitative estimate of drug-likeness (QED) is 0.773. The third-order valence-electron chi connectivity index (χ3n) is 3.75. The van der Waals surface area contributed by atoms with Crippen LogP contribution in [0, 0.1) is 6.92 Å². The molecule has 1 N–H and O–H groups in total. The van der Waals surface area contributed by atoms with Gasteiger partial charge in [0, 0.05) is 12.7 Å². The minimum Gasteiger partial charge on any atom is -0.482 e. The van der Waals surface area contributed by atoms with Crippen molar-refractivity contribution in [2.24, 2.45) is 0 Å². The smallest absolute Gasteiger partial charge is 0.264 e. The van der Waals surface area contributed by atoms with E-state index in [-0.39, 0.29) is 12.5 Å². The van der Waals surface area contributed by atoms with E-state index in [2.05, 4.69) is 20.4 Å². The molecule has 23 heavy (non-hydrogen) atoms. The van der Waals surface area contributed by atoms with Crippen LogP contribution in [0.2, 0.25) is 0 Å². The van der Waals surface area contributed by atoms with E-state index in [1.807, 2.05) is 25.1 Å². The lowest BCUT2D eigenvalue weighted by molar-refractivity contribution is -0.120. The van der Waals surface area contributed by atoms with Crippen LogP contribution < -0.4 is 15.0 Å². The number of benzene rings is 1. The number of aromatic nitrogens is 3. The van der Waals surface area contributed by atoms with Crippen molar-refractivity contribution in [3.05, 3.63) is 30.2 Å². The van der Waals surface area contributed by atoms with Gasteiger partial charge in [-0.15, -0.1) is 0 Å². The van der Waals surface area contributed by atoms with Gasteiger partial charge < -0.3 is 19.5 Å². The van der Waals surface area contributed by atoms with Crippen LogP contribution in [0.15, 0.2) is 29.0 Å². The van der Waals surface area contributed by atoms with Crippen LogP contribution in [-0.4, -0.2) is 34.7 Å². The number of nitrogens with zero attached hydrogens (tertiary/aromatic N) is 4. The molecular formula is C15H13N5O3. The summed E-state index contributed by atoms with van der Waals surface area (Å²) < 4.78 is 10.6. The summed E-state index contributed by atoms with van der Waals surface area (Å²) in [7, 11) is 1.72. The fourth-order valence-electron chi connectivity index (χ4n) is 2.50. The molecule has 0 unspecified atom stereocenters. The number of hydrogen-bond donors (Lipinski definition) is 1. The number of nitrogens with one attached hydrogen (secondary N) is 1. The maximum atomic E-state index is 11.8. The van der Waals surface area contributed by atoms with Crippen LogP contribution in [0.25, 0.3) is 11.1 Å². The molecule has 0 bridgehead atoms. The molecule has 0 fully saturated rings. The normalized spacial score (nSPS) is 13.8. The van der Waals surface area contributed by atoms with Crippen molar-refractivity contribution in [1.29, 1.82) is 0 Å². The van der Waals surface area contributed by atoms with Gasteiger partial charge in [-0.2, -0.15) is 4.98 Å². The zero-order chi connectivity index (χ0) is 16.0. The molecule has 0 radical (unpaired) electrons. The van der Waals surface area contributed by atoms with Crippen molar-refractivity contribution in [3.8, 4) is 5.75 Å². The Morgan fingerprint density at radius 3 is 3.04 bits per heavy atom. The zero-order valence-electron chi connectivity index (χ0n) is 12.5. The number of carbonyl (C=O) groups is 1. The summed E-state index contributed by atoms with van der Waals surface area (Å²) in [5.74, 6) is 1.18. The topological polar surface area (TPSA) is 93.4 Å². The van der Waals surface area contributed by atoms with Gasteiger partial charge >= 0.3 is 0 Å². The molecule has 0 aliphatic carbocycles. The van der Waals surface area contributed by atoms with Gasteiger partial charge in [0.2, 0.25) is 0 Å². The number of likely N-dealkylation sites (N-methyl/N-ethyl adjacent to an activating group) is 1. The minimum atomic E-state index is -0.0889. The summed E-state index contributed by atoms with van der Waals surface area (Å²) in [6.45, 7) is 1.89. The first-order chi connectivity index (χ1) is 11.1. The van der Waals surface area contributed by atoms with Crippen molar-refractivity contribution < 1.29 is 14.1 Å². The Hall–Kier alpha value is -3.16. The van der Waals surface area contributed by atoms with Crippen molar-refractivity contribution >= 4 is 34.2 Å². The molecule has 0 saturated carbocycles. The summed E-state index contributed by atoms with van der Waals surface area (Å²) >= 11 is 0. The fraction of sp³-hybridized carbons (Fsp3) is 0.200. The molecule has 1 aliphatic heterocycles. The van der Waals surface area contributed by atoms with Crippen molar-refractivity contribution in [2.75, 3.05) is 23.9 Å². The molecule has 116 valence electrons. The summed E-state index contributed by atoms with van der Waals surface area (Å²) in [6, 6.07) is 5.52. The van der Waals surface area contributed by atoms with Crippen molar-refractivity contribution in [1.82, 2.24) is 15.1 Å². The summed E-state index contributed by atoms with van der Waals surface area (Å²) in [6.07, 6.45) is 1.41. The Kier molecular flexibility index (Phi) is 2.90. The lowest BCUT2D eigenvalue weighted by atomic mass is 10.2. The lowest BCUT2D eigenvalue weighted by Crippen LogP contribution is -2.35. The standard InChI is InChI=1S/C15H13N5O3/c1-8-13-14(16-7-17-15(13)23-19-8)18-9-3-4-11-10(5-9)20(2)12(21)6-22-11/h3-5,7H,6H2,1-2H3,(H,16,17,18). The number of ether oxygens (including phenoxy) is 1. The summed E-state index contributed by atoms with van der Waals surface area (Å²) in [5, 5.41) is 7.84. The molecule has 3 heterocycles. The van der Waals surface area contributed by atoms with Gasteiger partial charge in [-0.05, 0) is 25.1 Å². The van der Waals surface area contributed by atoms with Gasteiger partial charge in [0.15, 0.2) is 6.61 Å². The molecule has 1 amide bonds. The number of carbonyl (C=O) groups excluding carboxylic acids is 1. The second-order valence-corrected chi connectivity index (χ2v) is 5.22. The van der Waals surface area contributed by atoms with E-state index in [4.69, 9.17) is 9.26 Å². The number of anilines is 3. The van der Waals surface area contributed by atoms with E-state index in [0.29, 0.717) is 28.7 Å². The van der Waals surface area contributed by atoms with Gasteiger partial charge in [-0.1, -0.05) is 5.16 Å². The number of fused-ring (bicyclic) bond motifs is 2. The van der Waals surface area contributed by atoms with Crippen molar-refractivity contribution in [2.45, 2.75) is 6.92 Å². The fourth-order valence-corrected chi connectivity index (χ4v) is 2.50. The molecule has 0 atom stereocenters. The highest BCUT2D eigenvalue weighted by Gasteiger charge is 2.22. The number of amides is 1. The van der Waals surface area contributed by atoms with Crippen LogP contribution in [0.1, 0.15) is 5.69 Å². The first-order valence-electron chi connectivity index (χ1n) is 7.01. The Balaban J connectivity index is 1.74. The molecule has 2 aromatic heterocycles. The molecular weight excluding hydrogens is 298 g/mol. The van der Waals surface area contributed by atoms with Crippen LogP contribution in [0.4, 0.5) is 17.2 Å². The van der Waals surface area contributed by atoms with E-state index in [9.17, 15) is 4.79 Å². The predicted octanol–water partition coefficient (Wildman–Crippen LogP) is 2.03. The molecule has 0 saturated heterocycles. The number of rotatable bonds is 2. The molecule has 0 spiro atoms. The second kappa shape index (κ2) is 4.94. The van der Waals surface area contributed by atoms with Gasteiger partial charge in [0.1, 0.15) is 23.3 Å². The van der Waals surface area contributed by atoms with Crippen LogP contribution in [0.5, 0.6) is 5.75 Å². The SMILES string of the molecule is Cc1noc2ncnc(Nc3ccc4c(c3)N(C)C(=O)CO4)c12. The average molecular weight is 311 g/mol. The average Bonchev–Trinajstić information content (AvgIpc) is 2.94. The molecule has 4 rings (SSSR count). The molecule has 8 heteroatoms. The first kappa shape index (κ1) is 13.5. The van der Waals surface area contributed by atoms with Gasteiger partial charge in [0.25, 0.3) is 11.6 Å². The number of aryl methyl sites for hydroxylation is 1. The predicted molar refractivity (Wildman–Crippen MR) is 83.0 cm³/mol. The summed E-state index contributed by atoms with van der Waals surface area (Å²) in [5.41, 5.74) is 2.61. The third-order valence-corrected chi connectivity index (χ3v) is 3.75. The highest BCUT2D eigenvalue weighted by Crippen LogP contribution is 2.35. The van der Waals surface area contributed by atoms with Crippen LogP contribution in [-0.2, 0) is 4.79 Å². The van der Waals surface area contributed by atoms with Crippen LogP contribution in [0.3, 0.4) is 0 Å². The maximum Gasteiger partial charge on any atom is 0.264 e. The Labute approximate surface area is 131 Å². The minimum absolute atomic E-state index is 0.0582. The molecule has 1 aliphatic rings. The first-order valence-corrected chi connectivity index (χ1v) is 7.01. The number of hydrogen-bond acceptors (Lipinski definition) is 7. The summed E-state index contributed by atoms with van der Waals surface area (Å²) in [4.78, 5) is 21.6. The monoisotopic (exact) mass is 311 g/mol. The van der Waals surface area contributed by atoms with E-state index in [0.717, 1.165) is 11.1 Å².